The second kappa shape index (κ2) is 9.20. The van der Waals surface area contributed by atoms with Crippen LogP contribution in [-0.2, 0) is 23.3 Å². The molecule has 0 bridgehead atoms. The number of nitrogens with zero attached hydrogens (tertiary/aromatic N) is 4. The number of rotatable bonds is 7. The van der Waals surface area contributed by atoms with Gasteiger partial charge in [-0.15, -0.1) is 0 Å². The first-order valence-electron chi connectivity index (χ1n) is 12.0. The van der Waals surface area contributed by atoms with Crippen LogP contribution in [0.25, 0.3) is 5.69 Å². The van der Waals surface area contributed by atoms with E-state index in [9.17, 15) is 4.79 Å². The van der Waals surface area contributed by atoms with Crippen molar-refractivity contribution in [2.45, 2.75) is 37.8 Å². The Balaban J connectivity index is 1.30. The van der Waals surface area contributed by atoms with Gasteiger partial charge in [0.05, 0.1) is 11.3 Å². The summed E-state index contributed by atoms with van der Waals surface area (Å²) in [6.07, 6.45) is 7.94. The van der Waals surface area contributed by atoms with Crippen LogP contribution in [0.2, 0.25) is 0 Å². The summed E-state index contributed by atoms with van der Waals surface area (Å²) in [5.41, 5.74) is 4.57. The first-order valence-corrected chi connectivity index (χ1v) is 12.0. The number of piperazine rings is 1. The van der Waals surface area contributed by atoms with E-state index in [4.69, 9.17) is 4.74 Å². The van der Waals surface area contributed by atoms with Crippen LogP contribution in [0.5, 0.6) is 0 Å². The third-order valence-corrected chi connectivity index (χ3v) is 7.53. The van der Waals surface area contributed by atoms with Crippen LogP contribution in [0, 0.1) is 0 Å². The number of hydrogen-bond donors (Lipinski definition) is 0. The molecule has 0 amide bonds. The lowest BCUT2D eigenvalue weighted by Crippen LogP contribution is -2.44. The molecule has 2 aliphatic rings. The highest BCUT2D eigenvalue weighted by atomic mass is 16.5. The van der Waals surface area contributed by atoms with Crippen molar-refractivity contribution in [3.05, 3.63) is 82.5 Å². The van der Waals surface area contributed by atoms with E-state index >= 15 is 0 Å². The highest BCUT2D eigenvalue weighted by molar-refractivity contribution is 5.54. The Labute approximate surface area is 196 Å². The van der Waals surface area contributed by atoms with Gasteiger partial charge in [0.2, 0.25) is 0 Å². The van der Waals surface area contributed by atoms with Crippen molar-refractivity contribution in [3.63, 3.8) is 0 Å². The highest BCUT2D eigenvalue weighted by Gasteiger charge is 2.38. The second-order valence-corrected chi connectivity index (χ2v) is 9.41. The quantitative estimate of drug-likeness (QED) is 0.556. The largest absolute Gasteiger partial charge is 0.374 e. The number of methoxy groups -OCH3 is 1. The number of ether oxygens (including phenoxy) is 1. The fourth-order valence-corrected chi connectivity index (χ4v) is 5.13. The van der Waals surface area contributed by atoms with Gasteiger partial charge < -0.3 is 14.5 Å². The minimum atomic E-state index is -0.132. The zero-order valence-corrected chi connectivity index (χ0v) is 19.7. The standard InChI is InChI=1S/C27H34N4O2/c1-28-16-18-29(19-17-28)25-7-4-3-6-22(25)12-15-30-20-21-31(26(30)32)24-10-8-23(9-11-24)27(33-2)13-5-14-27/h3-4,6-11,20-21H,5,12-19H2,1-2H3. The molecule has 6 heteroatoms. The average molecular weight is 447 g/mol. The summed E-state index contributed by atoms with van der Waals surface area (Å²) < 4.78 is 9.34. The maximum atomic E-state index is 13.1. The van der Waals surface area contributed by atoms with Gasteiger partial charge in [0.1, 0.15) is 0 Å². The minimum absolute atomic E-state index is 0.00456. The Bertz CT molecular complexity index is 1130. The molecule has 0 unspecified atom stereocenters. The molecule has 174 valence electrons. The van der Waals surface area contributed by atoms with Crippen LogP contribution in [0.4, 0.5) is 5.69 Å². The lowest BCUT2D eigenvalue weighted by atomic mass is 9.75. The van der Waals surface area contributed by atoms with Crippen LogP contribution < -0.4 is 10.6 Å². The Morgan fingerprint density at radius 2 is 1.67 bits per heavy atom. The monoisotopic (exact) mass is 446 g/mol. The molecule has 1 saturated carbocycles. The molecular weight excluding hydrogens is 412 g/mol. The Kier molecular flexibility index (Phi) is 6.13. The summed E-state index contributed by atoms with van der Waals surface area (Å²) in [7, 11) is 3.97. The van der Waals surface area contributed by atoms with Gasteiger partial charge in [-0.05, 0) is 62.1 Å². The minimum Gasteiger partial charge on any atom is -0.374 e. The van der Waals surface area contributed by atoms with Gasteiger partial charge in [-0.25, -0.2) is 4.79 Å². The second-order valence-electron chi connectivity index (χ2n) is 9.41. The molecule has 6 nitrogen and oxygen atoms in total. The molecule has 0 N–H and O–H groups in total. The molecule has 1 aromatic heterocycles. The summed E-state index contributed by atoms with van der Waals surface area (Å²) in [6, 6.07) is 16.9. The molecule has 0 atom stereocenters. The molecule has 5 rings (SSSR count). The lowest BCUT2D eigenvalue weighted by Gasteiger charge is -2.41. The third-order valence-electron chi connectivity index (χ3n) is 7.53. The molecule has 1 saturated heterocycles. The Hall–Kier alpha value is -2.83. The Morgan fingerprint density at radius 3 is 2.33 bits per heavy atom. The number of aryl methyl sites for hydroxylation is 2. The van der Waals surface area contributed by atoms with E-state index in [-0.39, 0.29) is 11.3 Å². The fourth-order valence-electron chi connectivity index (χ4n) is 5.13. The van der Waals surface area contributed by atoms with Crippen LogP contribution in [0.15, 0.2) is 65.7 Å². The first-order chi connectivity index (χ1) is 16.1. The number of benzene rings is 2. The summed E-state index contributed by atoms with van der Waals surface area (Å²) >= 11 is 0. The van der Waals surface area contributed by atoms with Crippen molar-refractivity contribution in [1.82, 2.24) is 14.0 Å². The highest BCUT2D eigenvalue weighted by Crippen LogP contribution is 2.44. The third kappa shape index (κ3) is 4.25. The number of imidazole rings is 1. The molecule has 1 aliphatic carbocycles. The molecule has 0 radical (unpaired) electrons. The summed E-state index contributed by atoms with van der Waals surface area (Å²) in [6.45, 7) is 4.93. The van der Waals surface area contributed by atoms with E-state index in [1.807, 2.05) is 29.1 Å². The maximum absolute atomic E-state index is 13.1. The van der Waals surface area contributed by atoms with E-state index in [0.717, 1.165) is 51.1 Å². The van der Waals surface area contributed by atoms with Gasteiger partial charge in [0.15, 0.2) is 0 Å². The number of para-hydroxylation sites is 1. The van der Waals surface area contributed by atoms with E-state index in [1.165, 1.54) is 23.2 Å². The molecule has 1 aliphatic heterocycles. The topological polar surface area (TPSA) is 42.6 Å². The zero-order chi connectivity index (χ0) is 22.8. The lowest BCUT2D eigenvalue weighted by molar-refractivity contribution is -0.0778. The van der Waals surface area contributed by atoms with E-state index < -0.39 is 0 Å². The molecular formula is C27H34N4O2. The van der Waals surface area contributed by atoms with Crippen molar-refractivity contribution in [1.29, 1.82) is 0 Å². The summed E-state index contributed by atoms with van der Waals surface area (Å²) in [4.78, 5) is 17.9. The molecule has 33 heavy (non-hydrogen) atoms. The van der Waals surface area contributed by atoms with Crippen molar-refractivity contribution < 1.29 is 4.74 Å². The van der Waals surface area contributed by atoms with Gasteiger partial charge >= 0.3 is 5.69 Å². The number of aromatic nitrogens is 2. The number of likely N-dealkylation sites (N-methyl/N-ethyl adjacent to an activating group) is 1. The predicted octanol–water partition coefficient (Wildman–Crippen LogP) is 3.66. The maximum Gasteiger partial charge on any atom is 0.332 e. The molecule has 2 aromatic carbocycles. The number of hydrogen-bond acceptors (Lipinski definition) is 4. The van der Waals surface area contributed by atoms with Gasteiger partial charge in [0.25, 0.3) is 0 Å². The van der Waals surface area contributed by atoms with Gasteiger partial charge in [-0.1, -0.05) is 30.3 Å². The summed E-state index contributed by atoms with van der Waals surface area (Å²) in [5, 5.41) is 0. The Morgan fingerprint density at radius 1 is 0.939 bits per heavy atom. The normalized spacial score (nSPS) is 18.3. The molecule has 2 fully saturated rings. The van der Waals surface area contributed by atoms with Crippen LogP contribution >= 0.6 is 0 Å². The van der Waals surface area contributed by atoms with Crippen LogP contribution in [-0.4, -0.2) is 54.4 Å². The van der Waals surface area contributed by atoms with Gasteiger partial charge in [-0.2, -0.15) is 0 Å². The van der Waals surface area contributed by atoms with Crippen LogP contribution in [0.1, 0.15) is 30.4 Å². The van der Waals surface area contributed by atoms with E-state index in [2.05, 4.69) is 53.2 Å². The van der Waals surface area contributed by atoms with Crippen molar-refractivity contribution >= 4 is 5.69 Å². The fraction of sp³-hybridized carbons (Fsp3) is 0.444. The molecule has 2 heterocycles. The van der Waals surface area contributed by atoms with Crippen LogP contribution in [0.3, 0.4) is 0 Å². The van der Waals surface area contributed by atoms with Crippen molar-refractivity contribution in [3.8, 4) is 5.69 Å². The van der Waals surface area contributed by atoms with Gasteiger partial charge in [-0.3, -0.25) is 9.13 Å². The molecule has 3 aromatic rings. The van der Waals surface area contributed by atoms with Crippen molar-refractivity contribution in [2.24, 2.45) is 0 Å². The average Bonchev–Trinajstić information content (AvgIpc) is 3.19. The predicted molar refractivity (Wildman–Crippen MR) is 132 cm³/mol. The zero-order valence-electron chi connectivity index (χ0n) is 19.7. The first kappa shape index (κ1) is 22.0. The smallest absolute Gasteiger partial charge is 0.332 e. The SMILES string of the molecule is COC1(c2ccc(-n3ccn(CCc4ccccc4N4CCN(C)CC4)c3=O)cc2)CCC1. The van der Waals surface area contributed by atoms with E-state index in [0.29, 0.717) is 6.54 Å². The van der Waals surface area contributed by atoms with Crippen molar-refractivity contribution in [2.75, 3.05) is 45.2 Å². The van der Waals surface area contributed by atoms with Gasteiger partial charge in [0, 0.05) is 57.9 Å². The van der Waals surface area contributed by atoms with E-state index in [1.54, 1.807) is 11.7 Å². The number of anilines is 1. The summed E-state index contributed by atoms with van der Waals surface area (Å²) in [5.74, 6) is 0. The molecule has 0 spiro atoms.